The van der Waals surface area contributed by atoms with Gasteiger partial charge >= 0.3 is 5.97 Å². The number of carbonyl (C=O) groups is 4. The van der Waals surface area contributed by atoms with Crippen molar-refractivity contribution >= 4 is 34.9 Å². The quantitative estimate of drug-likeness (QED) is 0.133. The number of aromatic nitrogens is 1. The molecule has 4 aromatic rings. The summed E-state index contributed by atoms with van der Waals surface area (Å²) in [6.45, 7) is 7.52. The molecular formula is C40H45N3O8S. The fraction of sp³-hybridized carbons (Fsp3) is 0.375. The highest BCUT2D eigenvalue weighted by Gasteiger charge is 2.44. The molecule has 1 saturated heterocycles. The third kappa shape index (κ3) is 9.90. The highest BCUT2D eigenvalue weighted by Crippen LogP contribution is 2.29. The van der Waals surface area contributed by atoms with Crippen LogP contribution in [0.1, 0.15) is 55.2 Å². The average molecular weight is 728 g/mol. The Morgan fingerprint density at radius 2 is 1.58 bits per heavy atom. The third-order valence-corrected chi connectivity index (χ3v) is 10.0. The Kier molecular flexibility index (Phi) is 12.6. The molecule has 0 unspecified atom stereocenters. The van der Waals surface area contributed by atoms with Crippen LogP contribution in [0.5, 0.6) is 5.75 Å². The van der Waals surface area contributed by atoms with Crippen LogP contribution in [-0.4, -0.2) is 88.2 Å². The van der Waals surface area contributed by atoms with Gasteiger partial charge in [-0.1, -0.05) is 69.3 Å². The number of ether oxygens (including phenoxy) is 2. The van der Waals surface area contributed by atoms with Gasteiger partial charge in [0.2, 0.25) is 11.8 Å². The number of carboxylic acid groups (broad SMARTS) is 1. The summed E-state index contributed by atoms with van der Waals surface area (Å²) in [6.07, 6.45) is 0.0482. The number of hydrogen-bond donors (Lipinski definition) is 3. The number of nitrogens with one attached hydrogen (secondary N) is 1. The molecule has 1 fully saturated rings. The number of carbonyl (C=O) groups excluding carboxylic acids is 3. The van der Waals surface area contributed by atoms with Crippen LogP contribution in [0.3, 0.4) is 0 Å². The number of aliphatic hydroxyl groups excluding tert-OH is 1. The van der Waals surface area contributed by atoms with Crippen molar-refractivity contribution in [2.24, 2.45) is 5.41 Å². The summed E-state index contributed by atoms with van der Waals surface area (Å²) in [5, 5.41) is 22.4. The Bertz CT molecular complexity index is 1850. The number of amides is 2. The maximum Gasteiger partial charge on any atom is 0.335 e. The summed E-state index contributed by atoms with van der Waals surface area (Å²) >= 11 is 1.58. The summed E-state index contributed by atoms with van der Waals surface area (Å²) in [5.74, 6) is -1.39. The van der Waals surface area contributed by atoms with E-state index in [0.717, 1.165) is 32.8 Å². The molecule has 3 atom stereocenters. The van der Waals surface area contributed by atoms with E-state index in [1.54, 1.807) is 47.7 Å². The Morgan fingerprint density at radius 1 is 0.942 bits per heavy atom. The molecule has 0 bridgehead atoms. The highest BCUT2D eigenvalue weighted by molar-refractivity contribution is 7.13. The zero-order chi connectivity index (χ0) is 37.4. The number of aromatic carboxylic acids is 1. The summed E-state index contributed by atoms with van der Waals surface area (Å²) in [7, 11) is 0. The van der Waals surface area contributed by atoms with Gasteiger partial charge in [0.25, 0.3) is 0 Å². The number of Topliss-reactive ketones (excluding diaryl/α,β-unsaturated/α-hetero) is 1. The lowest BCUT2D eigenvalue weighted by Gasteiger charge is -2.35. The number of hydrogen-bond acceptors (Lipinski definition) is 9. The smallest absolute Gasteiger partial charge is 0.335 e. The monoisotopic (exact) mass is 727 g/mol. The summed E-state index contributed by atoms with van der Waals surface area (Å²) < 4.78 is 11.3. The molecule has 0 radical (unpaired) electrons. The highest BCUT2D eigenvalue weighted by atomic mass is 32.1. The van der Waals surface area contributed by atoms with E-state index in [1.807, 2.05) is 69.6 Å². The Labute approximate surface area is 307 Å². The lowest BCUT2D eigenvalue weighted by Crippen LogP contribution is -2.57. The van der Waals surface area contributed by atoms with Crippen LogP contribution in [0.15, 0.2) is 78.3 Å². The first-order valence-corrected chi connectivity index (χ1v) is 18.1. The predicted molar refractivity (Wildman–Crippen MR) is 198 cm³/mol. The number of nitrogens with zero attached hydrogens (tertiary/aromatic N) is 2. The van der Waals surface area contributed by atoms with Crippen molar-refractivity contribution in [2.75, 3.05) is 26.4 Å². The number of β-amino-alcohol motifs (C(OH)–C–C–N with tert-alkyl or cyclic N) is 1. The van der Waals surface area contributed by atoms with Crippen molar-refractivity contribution in [2.45, 2.75) is 65.1 Å². The number of carboxylic acids is 1. The number of benzene rings is 3. The predicted octanol–water partition coefficient (Wildman–Crippen LogP) is 5.57. The normalized spacial score (nSPS) is 16.4. The summed E-state index contributed by atoms with van der Waals surface area (Å²) in [5.41, 5.74) is 6.19. The van der Waals surface area contributed by atoms with Gasteiger partial charge < -0.3 is 29.9 Å². The fourth-order valence-electron chi connectivity index (χ4n) is 6.15. The number of rotatable bonds is 15. The van der Waals surface area contributed by atoms with E-state index in [1.165, 1.54) is 4.90 Å². The lowest BCUT2D eigenvalue weighted by atomic mass is 9.85. The molecule has 1 aliphatic rings. The van der Waals surface area contributed by atoms with Crippen molar-refractivity contribution in [3.8, 4) is 27.3 Å². The fourth-order valence-corrected chi connectivity index (χ4v) is 6.96. The van der Waals surface area contributed by atoms with Crippen molar-refractivity contribution in [3.63, 3.8) is 0 Å². The van der Waals surface area contributed by atoms with Crippen molar-refractivity contribution in [1.29, 1.82) is 0 Å². The van der Waals surface area contributed by atoms with Crippen LogP contribution in [0, 0.1) is 12.3 Å². The molecule has 3 N–H and O–H groups in total. The molecule has 0 saturated carbocycles. The molecule has 2 heterocycles. The van der Waals surface area contributed by atoms with Crippen molar-refractivity contribution in [1.82, 2.24) is 15.2 Å². The molecule has 52 heavy (non-hydrogen) atoms. The summed E-state index contributed by atoms with van der Waals surface area (Å²) in [6, 6.07) is 20.2. The van der Waals surface area contributed by atoms with Crippen LogP contribution in [0.25, 0.3) is 21.6 Å². The van der Waals surface area contributed by atoms with Gasteiger partial charge in [0.05, 0.1) is 40.4 Å². The number of thiazole rings is 1. The number of likely N-dealkylation sites (tertiary alicyclic amines) is 1. The van der Waals surface area contributed by atoms with Gasteiger partial charge in [-0.3, -0.25) is 14.4 Å². The van der Waals surface area contributed by atoms with E-state index in [0.29, 0.717) is 12.2 Å². The first-order chi connectivity index (χ1) is 24.8. The zero-order valence-corrected chi connectivity index (χ0v) is 30.7. The van der Waals surface area contributed by atoms with E-state index in [9.17, 15) is 24.3 Å². The zero-order valence-electron chi connectivity index (χ0n) is 29.8. The van der Waals surface area contributed by atoms with E-state index in [4.69, 9.17) is 14.6 Å². The van der Waals surface area contributed by atoms with E-state index in [2.05, 4.69) is 10.3 Å². The van der Waals surface area contributed by atoms with Crippen LogP contribution in [-0.2, 0) is 25.5 Å². The molecule has 5 rings (SSSR count). The van der Waals surface area contributed by atoms with Gasteiger partial charge in [-0.05, 0) is 65.3 Å². The molecular weight excluding hydrogens is 683 g/mol. The first-order valence-electron chi connectivity index (χ1n) is 17.2. The van der Waals surface area contributed by atoms with Crippen LogP contribution >= 0.6 is 11.3 Å². The molecule has 0 spiro atoms. The van der Waals surface area contributed by atoms with Crippen molar-refractivity contribution in [3.05, 3.63) is 95.1 Å². The Balaban J connectivity index is 1.08. The third-order valence-electron chi connectivity index (χ3n) is 9.02. The molecule has 274 valence electrons. The van der Waals surface area contributed by atoms with Gasteiger partial charge in [-0.15, -0.1) is 11.3 Å². The second-order valence-corrected chi connectivity index (χ2v) is 14.9. The number of ketones is 1. The minimum Gasteiger partial charge on any atom is -0.491 e. The lowest BCUT2D eigenvalue weighted by molar-refractivity contribution is -0.144. The van der Waals surface area contributed by atoms with Gasteiger partial charge in [0.1, 0.15) is 25.0 Å². The molecule has 12 heteroatoms. The maximum atomic E-state index is 13.9. The second kappa shape index (κ2) is 17.1. The number of aryl methyl sites for hydroxylation is 2. The van der Waals surface area contributed by atoms with Gasteiger partial charge in [0, 0.05) is 19.4 Å². The second-order valence-electron chi connectivity index (χ2n) is 14.0. The van der Waals surface area contributed by atoms with Crippen LogP contribution < -0.4 is 10.1 Å². The molecule has 1 aromatic heterocycles. The maximum absolute atomic E-state index is 13.9. The van der Waals surface area contributed by atoms with E-state index in [-0.39, 0.29) is 50.6 Å². The minimum atomic E-state index is -0.977. The molecule has 11 nitrogen and oxygen atoms in total. The minimum absolute atomic E-state index is 0.0202. The molecule has 3 aromatic carbocycles. The topological polar surface area (TPSA) is 155 Å². The van der Waals surface area contributed by atoms with Crippen LogP contribution in [0.2, 0.25) is 0 Å². The Morgan fingerprint density at radius 3 is 2.17 bits per heavy atom. The molecule has 0 aliphatic carbocycles. The SMILES string of the molecule is Cc1ncsc1-c1ccc(CCC(=O)[C@@H]2C[C@@H](O)CN2C(=O)[C@@H](NC(=O)COCCOc2ccc(-c3ccc(C(=O)O)cc3)cc2)C(C)(C)C)cc1. The molecule has 1 aliphatic heterocycles. The standard InChI is InChI=1S/C40H45N3O8S/c1-25-36(52-24-41-25)29-8-5-26(6-9-29)7-18-34(45)33-21-31(44)22-43(33)38(47)37(40(2,3)4)42-35(46)23-50-19-20-51-32-16-14-28(15-17-32)27-10-12-30(13-11-27)39(48)49/h5-6,8-17,24,31,33,37,44H,7,18-23H2,1-4H3,(H,42,46)(H,48,49)/t31-,33+,37-/m1/s1. The van der Waals surface area contributed by atoms with Crippen molar-refractivity contribution < 1.29 is 38.9 Å². The first kappa shape index (κ1) is 38.3. The Hall–Kier alpha value is -4.91. The van der Waals surface area contributed by atoms with E-state index >= 15 is 0 Å². The van der Waals surface area contributed by atoms with E-state index < -0.39 is 41.4 Å². The summed E-state index contributed by atoms with van der Waals surface area (Å²) in [4.78, 5) is 58.2. The van der Waals surface area contributed by atoms with Gasteiger partial charge in [-0.2, -0.15) is 0 Å². The molecule has 2 amide bonds. The average Bonchev–Trinajstić information content (AvgIpc) is 3.74. The largest absolute Gasteiger partial charge is 0.491 e. The van der Waals surface area contributed by atoms with Crippen LogP contribution in [0.4, 0.5) is 0 Å². The van der Waals surface area contributed by atoms with Gasteiger partial charge in [-0.25, -0.2) is 9.78 Å². The number of aliphatic hydroxyl groups is 1. The van der Waals surface area contributed by atoms with Gasteiger partial charge in [0.15, 0.2) is 5.78 Å².